The van der Waals surface area contributed by atoms with E-state index in [9.17, 15) is 8.78 Å². The Labute approximate surface area is 89.8 Å². The second-order valence-electron chi connectivity index (χ2n) is 2.45. The number of alkyl halides is 3. The molecule has 2 nitrogen and oxygen atoms in total. The first-order chi connectivity index (χ1) is 6.61. The van der Waals surface area contributed by atoms with E-state index in [2.05, 4.69) is 9.72 Å². The fraction of sp³-hybridized carbons (Fsp3) is 0.375. The van der Waals surface area contributed by atoms with E-state index < -0.39 is 12.0 Å². The summed E-state index contributed by atoms with van der Waals surface area (Å²) >= 11 is 11.2. The first-order valence-electron chi connectivity index (χ1n) is 3.67. The first-order valence-corrected chi connectivity index (χ1v) is 4.58. The van der Waals surface area contributed by atoms with Gasteiger partial charge in [-0.15, -0.1) is 11.6 Å². The van der Waals surface area contributed by atoms with Crippen molar-refractivity contribution in [3.05, 3.63) is 22.3 Å². The van der Waals surface area contributed by atoms with Crippen LogP contribution in [0.2, 0.25) is 5.02 Å². The number of hydrogen-bond donors (Lipinski definition) is 0. The minimum atomic E-state index is -2.73. The Bertz CT molecular complexity index is 333. The normalized spacial score (nSPS) is 10.7. The number of aromatic nitrogens is 1. The van der Waals surface area contributed by atoms with Crippen molar-refractivity contribution in [3.8, 4) is 5.88 Å². The van der Waals surface area contributed by atoms with E-state index in [0.29, 0.717) is 5.56 Å². The van der Waals surface area contributed by atoms with Gasteiger partial charge in [0.05, 0.1) is 23.6 Å². The van der Waals surface area contributed by atoms with Gasteiger partial charge in [-0.2, -0.15) is 0 Å². The Balaban J connectivity index is 3.31. The molecule has 0 aromatic carbocycles. The van der Waals surface area contributed by atoms with E-state index in [0.717, 1.165) is 0 Å². The lowest BCUT2D eigenvalue weighted by molar-refractivity contribution is 0.146. The molecule has 1 rings (SSSR count). The van der Waals surface area contributed by atoms with Gasteiger partial charge in [0.25, 0.3) is 6.43 Å². The van der Waals surface area contributed by atoms with Crippen molar-refractivity contribution in [1.29, 1.82) is 0 Å². The molecular formula is C8H7Cl2F2NO. The summed E-state index contributed by atoms with van der Waals surface area (Å²) in [5.41, 5.74) is -0.0447. The number of pyridine rings is 1. The highest BCUT2D eigenvalue weighted by Gasteiger charge is 2.21. The minimum absolute atomic E-state index is 0.0372. The summed E-state index contributed by atoms with van der Waals surface area (Å²) in [6.07, 6.45) is -1.41. The van der Waals surface area contributed by atoms with Crippen LogP contribution in [0.1, 0.15) is 17.6 Å². The molecule has 0 bridgehead atoms. The molecule has 1 aromatic heterocycles. The highest BCUT2D eigenvalue weighted by molar-refractivity contribution is 6.33. The largest absolute Gasteiger partial charge is 0.481 e. The summed E-state index contributed by atoms with van der Waals surface area (Å²) in [6, 6.07) is 0. The van der Waals surface area contributed by atoms with Gasteiger partial charge in [-0.3, -0.25) is 0 Å². The van der Waals surface area contributed by atoms with Crippen molar-refractivity contribution < 1.29 is 13.5 Å². The molecule has 0 N–H and O–H groups in total. The van der Waals surface area contributed by atoms with Gasteiger partial charge in [0.15, 0.2) is 0 Å². The van der Waals surface area contributed by atoms with Crippen LogP contribution >= 0.6 is 23.2 Å². The van der Waals surface area contributed by atoms with Crippen LogP contribution in [0.25, 0.3) is 0 Å². The predicted octanol–water partition coefficient (Wildman–Crippen LogP) is 3.42. The van der Waals surface area contributed by atoms with Crippen LogP contribution in [0.3, 0.4) is 0 Å². The molecule has 0 atom stereocenters. The smallest absolute Gasteiger partial charge is 0.270 e. The molecule has 78 valence electrons. The summed E-state index contributed by atoms with van der Waals surface area (Å²) in [5, 5.41) is -0.0816. The molecule has 0 aliphatic heterocycles. The van der Waals surface area contributed by atoms with Gasteiger partial charge in [-0.1, -0.05) is 11.6 Å². The van der Waals surface area contributed by atoms with Gasteiger partial charge in [-0.25, -0.2) is 13.8 Å². The first kappa shape index (κ1) is 11.5. The molecule has 0 spiro atoms. The zero-order chi connectivity index (χ0) is 10.7. The van der Waals surface area contributed by atoms with E-state index in [-0.39, 0.29) is 16.8 Å². The maximum atomic E-state index is 12.5. The topological polar surface area (TPSA) is 22.1 Å². The Morgan fingerprint density at radius 1 is 1.57 bits per heavy atom. The van der Waals surface area contributed by atoms with E-state index in [1.807, 2.05) is 0 Å². The average molecular weight is 242 g/mol. The second kappa shape index (κ2) is 4.75. The molecule has 0 amide bonds. The third-order valence-corrected chi connectivity index (χ3v) is 2.38. The van der Waals surface area contributed by atoms with Crippen LogP contribution in [0.4, 0.5) is 8.78 Å². The standard InChI is InChI=1S/C8H7Cl2F2NO/c1-14-8-5(7(11)12)6(10)4(2-9)3-13-8/h3,7H,2H2,1H3. The van der Waals surface area contributed by atoms with Crippen LogP contribution in [0, 0.1) is 0 Å². The lowest BCUT2D eigenvalue weighted by atomic mass is 10.2. The molecule has 0 saturated carbocycles. The summed E-state index contributed by atoms with van der Waals surface area (Å²) in [6.45, 7) is 0. The Morgan fingerprint density at radius 3 is 2.64 bits per heavy atom. The van der Waals surface area contributed by atoms with Gasteiger partial charge >= 0.3 is 0 Å². The number of halogens is 4. The predicted molar refractivity (Wildman–Crippen MR) is 50.3 cm³/mol. The molecule has 1 heterocycles. The number of nitrogens with zero attached hydrogens (tertiary/aromatic N) is 1. The quantitative estimate of drug-likeness (QED) is 0.757. The van der Waals surface area contributed by atoms with Gasteiger partial charge in [0.1, 0.15) is 0 Å². The van der Waals surface area contributed by atoms with E-state index in [1.54, 1.807) is 0 Å². The van der Waals surface area contributed by atoms with Crippen molar-refractivity contribution in [1.82, 2.24) is 4.98 Å². The summed E-state index contributed by atoms with van der Waals surface area (Å²) < 4.78 is 29.8. The number of hydrogen-bond acceptors (Lipinski definition) is 2. The second-order valence-corrected chi connectivity index (χ2v) is 3.10. The molecule has 14 heavy (non-hydrogen) atoms. The van der Waals surface area contributed by atoms with Crippen molar-refractivity contribution in [2.24, 2.45) is 0 Å². The monoisotopic (exact) mass is 241 g/mol. The molecule has 0 fully saturated rings. The van der Waals surface area contributed by atoms with Crippen LogP contribution in [-0.2, 0) is 5.88 Å². The molecule has 6 heteroatoms. The van der Waals surface area contributed by atoms with Crippen LogP contribution in [0.5, 0.6) is 5.88 Å². The van der Waals surface area contributed by atoms with E-state index >= 15 is 0 Å². The van der Waals surface area contributed by atoms with Gasteiger partial charge in [-0.05, 0) is 0 Å². The number of rotatable bonds is 3. The maximum Gasteiger partial charge on any atom is 0.270 e. The minimum Gasteiger partial charge on any atom is -0.481 e. The van der Waals surface area contributed by atoms with E-state index in [1.165, 1.54) is 13.3 Å². The summed E-state index contributed by atoms with van der Waals surface area (Å²) in [4.78, 5) is 3.68. The molecule has 0 aliphatic rings. The van der Waals surface area contributed by atoms with Crippen LogP contribution in [-0.4, -0.2) is 12.1 Å². The van der Waals surface area contributed by atoms with Gasteiger partial charge in [0, 0.05) is 11.8 Å². The van der Waals surface area contributed by atoms with Crippen molar-refractivity contribution in [2.45, 2.75) is 12.3 Å². The van der Waals surface area contributed by atoms with Crippen molar-refractivity contribution >= 4 is 23.2 Å². The molecule has 0 aliphatic carbocycles. The Morgan fingerprint density at radius 2 is 2.21 bits per heavy atom. The summed E-state index contributed by atoms with van der Waals surface area (Å²) in [7, 11) is 1.25. The van der Waals surface area contributed by atoms with E-state index in [4.69, 9.17) is 23.2 Å². The highest BCUT2D eigenvalue weighted by Crippen LogP contribution is 2.35. The lowest BCUT2D eigenvalue weighted by Crippen LogP contribution is -1.99. The zero-order valence-corrected chi connectivity index (χ0v) is 8.74. The number of methoxy groups -OCH3 is 1. The van der Waals surface area contributed by atoms with Crippen molar-refractivity contribution in [2.75, 3.05) is 7.11 Å². The number of ether oxygens (including phenoxy) is 1. The fourth-order valence-electron chi connectivity index (χ4n) is 0.975. The molecule has 0 saturated heterocycles. The van der Waals surface area contributed by atoms with Crippen molar-refractivity contribution in [3.63, 3.8) is 0 Å². The zero-order valence-electron chi connectivity index (χ0n) is 7.23. The van der Waals surface area contributed by atoms with Crippen LogP contribution < -0.4 is 4.74 Å². The third kappa shape index (κ3) is 2.07. The third-order valence-electron chi connectivity index (χ3n) is 1.64. The fourth-order valence-corrected chi connectivity index (χ4v) is 1.52. The highest BCUT2D eigenvalue weighted by atomic mass is 35.5. The van der Waals surface area contributed by atoms with Gasteiger partial charge < -0.3 is 4.74 Å². The van der Waals surface area contributed by atoms with Gasteiger partial charge in [0.2, 0.25) is 5.88 Å². The molecule has 1 aromatic rings. The maximum absolute atomic E-state index is 12.5. The Kier molecular flexibility index (Phi) is 3.89. The van der Waals surface area contributed by atoms with Crippen LogP contribution in [0.15, 0.2) is 6.20 Å². The molecule has 0 radical (unpaired) electrons. The lowest BCUT2D eigenvalue weighted by Gasteiger charge is -2.10. The average Bonchev–Trinajstić information content (AvgIpc) is 2.16. The molecule has 0 unspecified atom stereocenters. The summed E-state index contributed by atoms with van der Waals surface area (Å²) in [5.74, 6) is -0.130. The molecular weight excluding hydrogens is 235 g/mol. The Hall–Kier alpha value is -0.610. The SMILES string of the molecule is COc1ncc(CCl)c(Cl)c1C(F)F.